The molecule has 2 aromatic carbocycles. The summed E-state index contributed by atoms with van der Waals surface area (Å²) in [5.41, 5.74) is 1.98. The SMILES string of the molecule is COc1ccc(CN(C)C(C)c2nnc(-c3ccccc3)o2)c(OC)c1. The molecule has 0 saturated carbocycles. The highest BCUT2D eigenvalue weighted by atomic mass is 16.5. The van der Waals surface area contributed by atoms with Gasteiger partial charge in [0.2, 0.25) is 11.8 Å². The van der Waals surface area contributed by atoms with Crippen molar-refractivity contribution >= 4 is 0 Å². The number of aromatic nitrogens is 2. The fourth-order valence-electron chi connectivity index (χ4n) is 2.68. The van der Waals surface area contributed by atoms with Crippen LogP contribution in [-0.2, 0) is 6.54 Å². The lowest BCUT2D eigenvalue weighted by molar-refractivity contribution is 0.215. The molecular formula is C20H23N3O3. The van der Waals surface area contributed by atoms with Gasteiger partial charge in [0.15, 0.2) is 0 Å². The zero-order chi connectivity index (χ0) is 18.5. The van der Waals surface area contributed by atoms with E-state index >= 15 is 0 Å². The van der Waals surface area contributed by atoms with Gasteiger partial charge in [-0.3, -0.25) is 4.90 Å². The smallest absolute Gasteiger partial charge is 0.247 e. The Kier molecular flexibility index (Phi) is 5.53. The van der Waals surface area contributed by atoms with E-state index in [0.717, 1.165) is 22.6 Å². The molecule has 6 heteroatoms. The van der Waals surface area contributed by atoms with Gasteiger partial charge in [-0.15, -0.1) is 10.2 Å². The van der Waals surface area contributed by atoms with Crippen molar-refractivity contribution in [2.45, 2.75) is 19.5 Å². The molecule has 136 valence electrons. The van der Waals surface area contributed by atoms with E-state index in [0.29, 0.717) is 18.3 Å². The highest BCUT2D eigenvalue weighted by molar-refractivity contribution is 5.51. The lowest BCUT2D eigenvalue weighted by Gasteiger charge is -2.23. The molecule has 0 saturated heterocycles. The van der Waals surface area contributed by atoms with Crippen molar-refractivity contribution in [2.75, 3.05) is 21.3 Å². The quantitative estimate of drug-likeness (QED) is 0.641. The highest BCUT2D eigenvalue weighted by Gasteiger charge is 2.20. The summed E-state index contributed by atoms with van der Waals surface area (Å²) in [5.74, 6) is 2.67. The number of hydrogen-bond donors (Lipinski definition) is 0. The van der Waals surface area contributed by atoms with Gasteiger partial charge >= 0.3 is 0 Å². The molecule has 0 aliphatic rings. The maximum absolute atomic E-state index is 5.87. The molecular weight excluding hydrogens is 330 g/mol. The summed E-state index contributed by atoms with van der Waals surface area (Å²) in [4.78, 5) is 2.13. The van der Waals surface area contributed by atoms with Crippen molar-refractivity contribution in [3.8, 4) is 23.0 Å². The molecule has 0 radical (unpaired) electrons. The van der Waals surface area contributed by atoms with Crippen molar-refractivity contribution in [2.24, 2.45) is 0 Å². The van der Waals surface area contributed by atoms with Crippen LogP contribution in [0.5, 0.6) is 11.5 Å². The van der Waals surface area contributed by atoms with Gasteiger partial charge in [-0.25, -0.2) is 0 Å². The van der Waals surface area contributed by atoms with Gasteiger partial charge in [-0.1, -0.05) is 24.3 Å². The van der Waals surface area contributed by atoms with E-state index in [1.54, 1.807) is 14.2 Å². The van der Waals surface area contributed by atoms with E-state index in [4.69, 9.17) is 13.9 Å². The second kappa shape index (κ2) is 8.01. The van der Waals surface area contributed by atoms with Crippen molar-refractivity contribution in [3.05, 3.63) is 60.0 Å². The third-order valence-corrected chi connectivity index (χ3v) is 4.39. The first kappa shape index (κ1) is 17.9. The number of ether oxygens (including phenoxy) is 2. The molecule has 0 aliphatic carbocycles. The van der Waals surface area contributed by atoms with E-state index in [1.165, 1.54) is 0 Å². The average molecular weight is 353 g/mol. The summed E-state index contributed by atoms with van der Waals surface area (Å²) in [7, 11) is 5.31. The molecule has 6 nitrogen and oxygen atoms in total. The highest BCUT2D eigenvalue weighted by Crippen LogP contribution is 2.28. The standard InChI is InChI=1S/C20H23N3O3/c1-14(19-21-22-20(26-19)15-8-6-5-7-9-15)23(2)13-16-10-11-17(24-3)12-18(16)25-4/h5-12,14H,13H2,1-4H3. The van der Waals surface area contributed by atoms with Crippen LogP contribution in [0.1, 0.15) is 24.4 Å². The Bertz CT molecular complexity index is 849. The minimum atomic E-state index is -0.0354. The van der Waals surface area contributed by atoms with Crippen molar-refractivity contribution in [1.82, 2.24) is 15.1 Å². The van der Waals surface area contributed by atoms with Crippen LogP contribution in [0.2, 0.25) is 0 Å². The molecule has 1 aromatic heterocycles. The first-order valence-corrected chi connectivity index (χ1v) is 8.42. The molecule has 26 heavy (non-hydrogen) atoms. The topological polar surface area (TPSA) is 60.6 Å². The molecule has 0 fully saturated rings. The Labute approximate surface area is 153 Å². The first-order chi connectivity index (χ1) is 12.6. The van der Waals surface area contributed by atoms with Crippen LogP contribution in [0, 0.1) is 0 Å². The normalized spacial score (nSPS) is 12.2. The third-order valence-electron chi connectivity index (χ3n) is 4.39. The van der Waals surface area contributed by atoms with Gasteiger partial charge in [0, 0.05) is 23.7 Å². The fraction of sp³-hybridized carbons (Fsp3) is 0.300. The maximum Gasteiger partial charge on any atom is 0.247 e. The van der Waals surface area contributed by atoms with Gasteiger partial charge in [-0.2, -0.15) is 0 Å². The van der Waals surface area contributed by atoms with Crippen LogP contribution >= 0.6 is 0 Å². The van der Waals surface area contributed by atoms with E-state index in [1.807, 2.05) is 62.5 Å². The monoisotopic (exact) mass is 353 g/mol. The summed E-state index contributed by atoms with van der Waals surface area (Å²) >= 11 is 0. The molecule has 0 amide bonds. The average Bonchev–Trinajstić information content (AvgIpc) is 3.18. The van der Waals surface area contributed by atoms with Crippen molar-refractivity contribution in [3.63, 3.8) is 0 Å². The summed E-state index contributed by atoms with van der Waals surface area (Å²) < 4.78 is 16.6. The largest absolute Gasteiger partial charge is 0.497 e. The van der Waals surface area contributed by atoms with E-state index in [2.05, 4.69) is 15.1 Å². The van der Waals surface area contributed by atoms with E-state index < -0.39 is 0 Å². The summed E-state index contributed by atoms with van der Waals surface area (Å²) in [6, 6.07) is 15.5. The van der Waals surface area contributed by atoms with Gasteiger partial charge in [0.1, 0.15) is 11.5 Å². The Morgan fingerprint density at radius 1 is 1.04 bits per heavy atom. The van der Waals surface area contributed by atoms with Gasteiger partial charge in [0.05, 0.1) is 20.3 Å². The number of hydrogen-bond acceptors (Lipinski definition) is 6. The number of nitrogens with zero attached hydrogens (tertiary/aromatic N) is 3. The second-order valence-electron chi connectivity index (χ2n) is 6.08. The molecule has 0 aliphatic heterocycles. The molecule has 0 N–H and O–H groups in total. The molecule has 0 spiro atoms. The van der Waals surface area contributed by atoms with Crippen molar-refractivity contribution < 1.29 is 13.9 Å². The molecule has 3 rings (SSSR count). The van der Waals surface area contributed by atoms with Crippen molar-refractivity contribution in [1.29, 1.82) is 0 Å². The molecule has 1 heterocycles. The van der Waals surface area contributed by atoms with Gasteiger partial charge < -0.3 is 13.9 Å². The molecule has 3 aromatic rings. The van der Waals surface area contributed by atoms with Crippen LogP contribution in [0.15, 0.2) is 52.9 Å². The van der Waals surface area contributed by atoms with E-state index in [9.17, 15) is 0 Å². The lowest BCUT2D eigenvalue weighted by atomic mass is 10.1. The Balaban J connectivity index is 1.74. The second-order valence-corrected chi connectivity index (χ2v) is 6.08. The maximum atomic E-state index is 5.87. The molecule has 0 bridgehead atoms. The number of rotatable bonds is 7. The third kappa shape index (κ3) is 3.86. The van der Waals surface area contributed by atoms with Crippen LogP contribution < -0.4 is 9.47 Å². The van der Waals surface area contributed by atoms with Crippen LogP contribution in [-0.4, -0.2) is 36.4 Å². The Morgan fingerprint density at radius 2 is 1.81 bits per heavy atom. The van der Waals surface area contributed by atoms with Crippen LogP contribution in [0.25, 0.3) is 11.5 Å². The summed E-state index contributed by atoms with van der Waals surface area (Å²) in [5, 5.41) is 8.38. The van der Waals surface area contributed by atoms with E-state index in [-0.39, 0.29) is 6.04 Å². The lowest BCUT2D eigenvalue weighted by Crippen LogP contribution is -2.22. The van der Waals surface area contributed by atoms with Gasteiger partial charge in [-0.05, 0) is 32.2 Å². The number of benzene rings is 2. The van der Waals surface area contributed by atoms with Crippen LogP contribution in [0.4, 0.5) is 0 Å². The predicted octanol–water partition coefficient (Wildman–Crippen LogP) is 3.95. The minimum absolute atomic E-state index is 0.0354. The zero-order valence-electron chi connectivity index (χ0n) is 15.5. The summed E-state index contributed by atoms with van der Waals surface area (Å²) in [6.07, 6.45) is 0. The van der Waals surface area contributed by atoms with Gasteiger partial charge in [0.25, 0.3) is 0 Å². The molecule has 1 atom stereocenters. The predicted molar refractivity (Wildman–Crippen MR) is 99.2 cm³/mol. The fourth-order valence-corrected chi connectivity index (χ4v) is 2.68. The Morgan fingerprint density at radius 3 is 2.50 bits per heavy atom. The minimum Gasteiger partial charge on any atom is -0.497 e. The van der Waals surface area contributed by atoms with Crippen LogP contribution in [0.3, 0.4) is 0 Å². The zero-order valence-corrected chi connectivity index (χ0v) is 15.5. The summed E-state index contributed by atoms with van der Waals surface area (Å²) in [6.45, 7) is 2.72. The molecule has 1 unspecified atom stereocenters. The number of methoxy groups -OCH3 is 2. The first-order valence-electron chi connectivity index (χ1n) is 8.42. The Hall–Kier alpha value is -2.86.